The van der Waals surface area contributed by atoms with Crippen LogP contribution in [0.5, 0.6) is 0 Å². The summed E-state index contributed by atoms with van der Waals surface area (Å²) in [5.74, 6) is 2.08. The van der Waals surface area contributed by atoms with Gasteiger partial charge in [-0.25, -0.2) is 14.8 Å². The molecule has 1 aliphatic rings. The quantitative estimate of drug-likeness (QED) is 0.843. The fourth-order valence-corrected chi connectivity index (χ4v) is 2.73. The Morgan fingerprint density at radius 1 is 1.32 bits per heavy atom. The van der Waals surface area contributed by atoms with Crippen molar-refractivity contribution in [2.24, 2.45) is 0 Å². The molecule has 0 atom stereocenters. The monoisotopic (exact) mass is 301 g/mol. The zero-order chi connectivity index (χ0) is 15.4. The smallest absolute Gasteiger partial charge is 0.356 e. The standard InChI is InChI=1S/C15H19N5O2/c1-22-15(21)11-9-13(20-19-11)17-12-7-8-16-14(18-12)10-5-3-2-4-6-10/h7-10H,2-6H2,1H3,(H2,16,17,18,19,20). The minimum Gasteiger partial charge on any atom is -0.464 e. The van der Waals surface area contributed by atoms with Gasteiger partial charge in [-0.2, -0.15) is 5.10 Å². The van der Waals surface area contributed by atoms with E-state index in [4.69, 9.17) is 0 Å². The predicted molar refractivity (Wildman–Crippen MR) is 81.1 cm³/mol. The highest BCUT2D eigenvalue weighted by atomic mass is 16.5. The fourth-order valence-electron chi connectivity index (χ4n) is 2.73. The number of hydrogen-bond acceptors (Lipinski definition) is 6. The lowest BCUT2D eigenvalue weighted by Crippen LogP contribution is -2.09. The number of nitrogens with one attached hydrogen (secondary N) is 2. The molecule has 0 amide bonds. The highest BCUT2D eigenvalue weighted by molar-refractivity contribution is 5.88. The maximum absolute atomic E-state index is 11.4. The van der Waals surface area contributed by atoms with Crippen LogP contribution in [0.2, 0.25) is 0 Å². The van der Waals surface area contributed by atoms with E-state index in [1.54, 1.807) is 18.3 Å². The van der Waals surface area contributed by atoms with Crippen molar-refractivity contribution < 1.29 is 9.53 Å². The first kappa shape index (κ1) is 14.5. The Kier molecular flexibility index (Phi) is 4.32. The van der Waals surface area contributed by atoms with E-state index >= 15 is 0 Å². The summed E-state index contributed by atoms with van der Waals surface area (Å²) in [5, 5.41) is 9.73. The number of nitrogens with zero attached hydrogens (tertiary/aromatic N) is 3. The van der Waals surface area contributed by atoms with E-state index in [1.807, 2.05) is 0 Å². The molecule has 2 heterocycles. The van der Waals surface area contributed by atoms with Gasteiger partial charge in [-0.3, -0.25) is 5.10 Å². The van der Waals surface area contributed by atoms with Crippen LogP contribution in [0.1, 0.15) is 54.3 Å². The maximum Gasteiger partial charge on any atom is 0.356 e. The van der Waals surface area contributed by atoms with E-state index in [0.717, 1.165) is 18.7 Å². The Labute approximate surface area is 128 Å². The Bertz CT molecular complexity index is 649. The minimum atomic E-state index is -0.453. The highest BCUT2D eigenvalue weighted by Crippen LogP contribution is 2.31. The Hall–Kier alpha value is -2.44. The molecule has 0 saturated heterocycles. The summed E-state index contributed by atoms with van der Waals surface area (Å²) in [5.41, 5.74) is 0.298. The van der Waals surface area contributed by atoms with E-state index in [1.165, 1.54) is 26.4 Å². The maximum atomic E-state index is 11.4. The summed E-state index contributed by atoms with van der Waals surface area (Å²) in [6.45, 7) is 0. The lowest BCUT2D eigenvalue weighted by Gasteiger charge is -2.20. The third kappa shape index (κ3) is 3.24. The largest absolute Gasteiger partial charge is 0.464 e. The van der Waals surface area contributed by atoms with Gasteiger partial charge in [-0.05, 0) is 18.9 Å². The third-order valence-electron chi connectivity index (χ3n) is 3.88. The van der Waals surface area contributed by atoms with Gasteiger partial charge in [0.05, 0.1) is 7.11 Å². The van der Waals surface area contributed by atoms with Crippen LogP contribution >= 0.6 is 0 Å². The number of aromatic amines is 1. The van der Waals surface area contributed by atoms with E-state index in [2.05, 4.69) is 30.2 Å². The van der Waals surface area contributed by atoms with Crippen molar-refractivity contribution in [3.8, 4) is 0 Å². The Morgan fingerprint density at radius 2 is 2.14 bits per heavy atom. The summed E-state index contributed by atoms with van der Waals surface area (Å²) in [6.07, 6.45) is 7.85. The van der Waals surface area contributed by atoms with Crippen LogP contribution in [0.4, 0.5) is 11.6 Å². The lowest BCUT2D eigenvalue weighted by molar-refractivity contribution is 0.0594. The van der Waals surface area contributed by atoms with Gasteiger partial charge in [0.15, 0.2) is 5.82 Å². The molecule has 22 heavy (non-hydrogen) atoms. The number of rotatable bonds is 4. The minimum absolute atomic E-state index is 0.298. The van der Waals surface area contributed by atoms with E-state index in [0.29, 0.717) is 23.2 Å². The number of esters is 1. The second-order valence-corrected chi connectivity index (χ2v) is 5.42. The summed E-state index contributed by atoms with van der Waals surface area (Å²) in [7, 11) is 1.33. The van der Waals surface area contributed by atoms with Crippen LogP contribution in [-0.2, 0) is 4.74 Å². The molecule has 7 nitrogen and oxygen atoms in total. The molecule has 2 N–H and O–H groups in total. The molecule has 0 aliphatic heterocycles. The van der Waals surface area contributed by atoms with Crippen molar-refractivity contribution in [1.29, 1.82) is 0 Å². The van der Waals surface area contributed by atoms with Gasteiger partial charge >= 0.3 is 5.97 Å². The van der Waals surface area contributed by atoms with Crippen molar-refractivity contribution in [1.82, 2.24) is 20.2 Å². The van der Waals surface area contributed by atoms with Crippen LogP contribution in [0.15, 0.2) is 18.3 Å². The predicted octanol–water partition coefficient (Wildman–Crippen LogP) is 2.78. The van der Waals surface area contributed by atoms with Gasteiger partial charge < -0.3 is 10.1 Å². The number of aromatic nitrogens is 4. The first-order chi connectivity index (χ1) is 10.8. The number of carbonyl (C=O) groups is 1. The molecule has 0 radical (unpaired) electrons. The first-order valence-electron chi connectivity index (χ1n) is 7.50. The fraction of sp³-hybridized carbons (Fsp3) is 0.467. The zero-order valence-electron chi connectivity index (χ0n) is 12.5. The van der Waals surface area contributed by atoms with Crippen LogP contribution in [0, 0.1) is 0 Å². The Balaban J connectivity index is 1.72. The highest BCUT2D eigenvalue weighted by Gasteiger charge is 2.18. The average molecular weight is 301 g/mol. The molecule has 0 unspecified atom stereocenters. The third-order valence-corrected chi connectivity index (χ3v) is 3.88. The van der Waals surface area contributed by atoms with Crippen LogP contribution in [0.25, 0.3) is 0 Å². The molecule has 2 aromatic heterocycles. The van der Waals surface area contributed by atoms with Crippen molar-refractivity contribution in [2.75, 3.05) is 12.4 Å². The topological polar surface area (TPSA) is 92.8 Å². The van der Waals surface area contributed by atoms with Gasteiger partial charge in [0.2, 0.25) is 0 Å². The normalized spacial score (nSPS) is 15.5. The van der Waals surface area contributed by atoms with Crippen molar-refractivity contribution in [3.05, 3.63) is 29.8 Å². The number of carbonyl (C=O) groups excluding carboxylic acids is 1. The molecule has 7 heteroatoms. The molecule has 1 saturated carbocycles. The number of methoxy groups -OCH3 is 1. The second-order valence-electron chi connectivity index (χ2n) is 5.42. The van der Waals surface area contributed by atoms with Crippen molar-refractivity contribution in [3.63, 3.8) is 0 Å². The molecule has 116 valence electrons. The van der Waals surface area contributed by atoms with Crippen LogP contribution in [0.3, 0.4) is 0 Å². The molecule has 1 aliphatic carbocycles. The lowest BCUT2D eigenvalue weighted by atomic mass is 9.89. The molecule has 1 fully saturated rings. The number of H-pyrrole nitrogens is 1. The summed E-state index contributed by atoms with van der Waals surface area (Å²) < 4.78 is 4.63. The molecule has 3 rings (SSSR count). The van der Waals surface area contributed by atoms with Gasteiger partial charge in [-0.1, -0.05) is 19.3 Å². The van der Waals surface area contributed by atoms with Gasteiger partial charge in [0, 0.05) is 18.2 Å². The van der Waals surface area contributed by atoms with E-state index in [9.17, 15) is 4.79 Å². The SMILES string of the molecule is COC(=O)c1cc(Nc2ccnc(C3CCCCC3)n2)n[nH]1. The molecule has 0 bridgehead atoms. The molecular formula is C15H19N5O2. The number of ether oxygens (including phenoxy) is 1. The van der Waals surface area contributed by atoms with Crippen molar-refractivity contribution in [2.45, 2.75) is 38.0 Å². The van der Waals surface area contributed by atoms with Crippen molar-refractivity contribution >= 4 is 17.6 Å². The van der Waals surface area contributed by atoms with Gasteiger partial charge in [0.1, 0.15) is 17.3 Å². The molecule has 0 aromatic carbocycles. The first-order valence-corrected chi connectivity index (χ1v) is 7.50. The van der Waals surface area contributed by atoms with Gasteiger partial charge in [-0.15, -0.1) is 0 Å². The average Bonchev–Trinajstić information content (AvgIpc) is 3.04. The van der Waals surface area contributed by atoms with Crippen LogP contribution < -0.4 is 5.32 Å². The number of hydrogen-bond donors (Lipinski definition) is 2. The Morgan fingerprint density at radius 3 is 2.91 bits per heavy atom. The van der Waals surface area contributed by atoms with E-state index < -0.39 is 5.97 Å². The van der Waals surface area contributed by atoms with Crippen LogP contribution in [-0.4, -0.2) is 33.2 Å². The number of anilines is 2. The second kappa shape index (κ2) is 6.55. The summed E-state index contributed by atoms with van der Waals surface area (Å²) >= 11 is 0. The van der Waals surface area contributed by atoms with Gasteiger partial charge in [0.25, 0.3) is 0 Å². The zero-order valence-corrected chi connectivity index (χ0v) is 12.5. The molecule has 2 aromatic rings. The van der Waals surface area contributed by atoms with E-state index in [-0.39, 0.29) is 0 Å². The summed E-state index contributed by atoms with van der Waals surface area (Å²) in [6, 6.07) is 3.38. The molecule has 0 spiro atoms. The molecular weight excluding hydrogens is 282 g/mol. The summed E-state index contributed by atoms with van der Waals surface area (Å²) in [4.78, 5) is 20.4.